The van der Waals surface area contributed by atoms with Crippen LogP contribution in [-0.4, -0.2) is 25.0 Å². The minimum Gasteiger partial charge on any atom is -0.324 e. The molecule has 11 heteroatoms. The van der Waals surface area contributed by atoms with E-state index in [4.69, 9.17) is 19.6 Å². The van der Waals surface area contributed by atoms with Gasteiger partial charge in [-0.15, -0.1) is 0 Å². The fraction of sp³-hybridized carbons (Fsp3) is 0.111. The predicted octanol–water partition coefficient (Wildman–Crippen LogP) is 2.11. The van der Waals surface area contributed by atoms with Crippen LogP contribution < -0.4 is 0 Å². The van der Waals surface area contributed by atoms with E-state index in [2.05, 4.69) is 0 Å². The second kappa shape index (κ2) is 5.81. The molecule has 1 aromatic rings. The molecule has 0 aliphatic rings. The van der Waals surface area contributed by atoms with Gasteiger partial charge in [0.15, 0.2) is 5.40 Å². The average molecular weight is 332 g/mol. The molecule has 0 saturated heterocycles. The number of allylic oxidation sites excluding steroid dienone is 1. The molecule has 0 aromatic heterocycles. The smallest absolute Gasteiger partial charge is 0.324 e. The molecule has 0 heterocycles. The summed E-state index contributed by atoms with van der Waals surface area (Å²) in [6.45, 7) is 0. The first-order valence-electron chi connectivity index (χ1n) is 4.86. The fourth-order valence-corrected chi connectivity index (χ4v) is 4.25. The minimum atomic E-state index is -5.58. The van der Waals surface area contributed by atoms with Crippen LogP contribution in [0.5, 0.6) is 0 Å². The lowest BCUT2D eigenvalue weighted by molar-refractivity contribution is 0.345. The molecular formula is C9H9F3O6P2. The van der Waals surface area contributed by atoms with Crippen LogP contribution in [0.2, 0.25) is 0 Å². The molecule has 0 unspecified atom stereocenters. The van der Waals surface area contributed by atoms with Crippen molar-refractivity contribution in [2.24, 2.45) is 0 Å². The maximum atomic E-state index is 12.9. The Morgan fingerprint density at radius 1 is 0.950 bits per heavy atom. The zero-order valence-corrected chi connectivity index (χ0v) is 11.3. The van der Waals surface area contributed by atoms with E-state index in [1.54, 1.807) is 0 Å². The Morgan fingerprint density at radius 3 is 1.65 bits per heavy atom. The Morgan fingerprint density at radius 2 is 1.35 bits per heavy atom. The predicted molar refractivity (Wildman–Crippen MR) is 63.4 cm³/mol. The summed E-state index contributed by atoms with van der Waals surface area (Å²) < 4.78 is 60.8. The number of rotatable bonds is 4. The molecule has 0 bridgehead atoms. The van der Waals surface area contributed by atoms with Gasteiger partial charge in [0.2, 0.25) is 0 Å². The molecule has 1 aromatic carbocycles. The topological polar surface area (TPSA) is 115 Å². The Hall–Kier alpha value is -0.950. The highest BCUT2D eigenvalue weighted by Crippen LogP contribution is 2.65. The van der Waals surface area contributed by atoms with Gasteiger partial charge in [0.05, 0.1) is 5.57 Å². The highest BCUT2D eigenvalue weighted by atomic mass is 31.2. The van der Waals surface area contributed by atoms with Crippen molar-refractivity contribution in [1.82, 2.24) is 0 Å². The van der Waals surface area contributed by atoms with E-state index < -0.39 is 43.6 Å². The van der Waals surface area contributed by atoms with Crippen LogP contribution in [0, 0.1) is 5.82 Å². The third-order valence-corrected chi connectivity index (χ3v) is 5.85. The van der Waals surface area contributed by atoms with Gasteiger partial charge in [-0.1, -0.05) is 12.1 Å². The fourth-order valence-electron chi connectivity index (χ4n) is 1.52. The summed E-state index contributed by atoms with van der Waals surface area (Å²) in [5.41, 5.74) is -2.10. The molecule has 0 aliphatic heterocycles. The number of hydrogen-bond acceptors (Lipinski definition) is 2. The number of hydrogen-bond donors (Lipinski definition) is 4. The highest BCUT2D eigenvalue weighted by molar-refractivity contribution is 7.71. The van der Waals surface area contributed by atoms with Gasteiger partial charge in [-0.3, -0.25) is 9.13 Å². The number of benzene rings is 1. The summed E-state index contributed by atoms with van der Waals surface area (Å²) in [7, 11) is -11.2. The summed E-state index contributed by atoms with van der Waals surface area (Å²) in [5, 5.41) is -3.01. The molecule has 0 radical (unpaired) electrons. The Kier molecular flexibility index (Phi) is 4.97. The molecule has 0 aliphatic carbocycles. The Bertz CT molecular complexity index is 591. The van der Waals surface area contributed by atoms with E-state index in [0.29, 0.717) is 12.1 Å². The molecule has 112 valence electrons. The van der Waals surface area contributed by atoms with E-state index in [9.17, 15) is 22.3 Å². The molecule has 20 heavy (non-hydrogen) atoms. The zero-order valence-electron chi connectivity index (χ0n) is 9.52. The molecule has 1 rings (SSSR count). The standard InChI is InChI=1S/C9H9F3O6P2/c10-6-3-1-5(2-4-6)7(8(11)12)9(19(13,14)15)20(16,17)18/h1-4,9H,(H2,13,14,15)(H2,16,17,18). The minimum absolute atomic E-state index is 0.594. The molecule has 0 spiro atoms. The van der Waals surface area contributed by atoms with Gasteiger partial charge in [0.25, 0.3) is 6.08 Å². The lowest BCUT2D eigenvalue weighted by Crippen LogP contribution is -2.13. The van der Waals surface area contributed by atoms with E-state index in [0.717, 1.165) is 12.1 Å². The Labute approximate surface area is 110 Å². The van der Waals surface area contributed by atoms with Gasteiger partial charge in [-0.25, -0.2) is 4.39 Å². The van der Waals surface area contributed by atoms with Crippen molar-refractivity contribution in [3.8, 4) is 0 Å². The van der Waals surface area contributed by atoms with Crippen molar-refractivity contribution in [3.05, 3.63) is 41.7 Å². The first kappa shape index (κ1) is 17.1. The van der Waals surface area contributed by atoms with Gasteiger partial charge in [-0.2, -0.15) is 8.78 Å². The van der Waals surface area contributed by atoms with Crippen molar-refractivity contribution < 1.29 is 41.9 Å². The van der Waals surface area contributed by atoms with Crippen LogP contribution in [0.1, 0.15) is 5.56 Å². The van der Waals surface area contributed by atoms with Crippen molar-refractivity contribution in [2.75, 3.05) is 0 Å². The molecule has 0 saturated carbocycles. The summed E-state index contributed by atoms with van der Waals surface area (Å²) in [4.78, 5) is 35.7. The number of halogens is 3. The SMILES string of the molecule is O=P(O)(O)C(C(=C(F)F)c1ccc(F)cc1)P(=O)(O)O. The van der Waals surface area contributed by atoms with Gasteiger partial charge in [0, 0.05) is 0 Å². The molecular weight excluding hydrogens is 323 g/mol. The highest BCUT2D eigenvalue weighted by Gasteiger charge is 2.48. The molecule has 0 fully saturated rings. The molecule has 4 N–H and O–H groups in total. The van der Waals surface area contributed by atoms with Crippen LogP contribution in [-0.2, 0) is 9.13 Å². The quantitative estimate of drug-likeness (QED) is 0.628. The van der Waals surface area contributed by atoms with Crippen molar-refractivity contribution in [3.63, 3.8) is 0 Å². The van der Waals surface area contributed by atoms with Crippen LogP contribution >= 0.6 is 15.2 Å². The van der Waals surface area contributed by atoms with Crippen LogP contribution in [0.15, 0.2) is 30.3 Å². The van der Waals surface area contributed by atoms with Crippen LogP contribution in [0.4, 0.5) is 13.2 Å². The summed E-state index contributed by atoms with van der Waals surface area (Å²) >= 11 is 0. The van der Waals surface area contributed by atoms with Gasteiger partial charge in [-0.05, 0) is 17.7 Å². The second-order valence-electron chi connectivity index (χ2n) is 3.73. The third kappa shape index (κ3) is 4.02. The Balaban J connectivity index is 3.55. The van der Waals surface area contributed by atoms with Crippen LogP contribution in [0.25, 0.3) is 5.57 Å². The second-order valence-corrected chi connectivity index (χ2v) is 7.53. The lowest BCUT2D eigenvalue weighted by atomic mass is 10.1. The zero-order chi connectivity index (χ0) is 15.7. The first-order chi connectivity index (χ1) is 8.94. The first-order valence-corrected chi connectivity index (χ1v) is 8.22. The maximum Gasteiger partial charge on any atom is 0.345 e. The summed E-state index contributed by atoms with van der Waals surface area (Å²) in [6.07, 6.45) is -2.67. The monoisotopic (exact) mass is 332 g/mol. The van der Waals surface area contributed by atoms with Crippen molar-refractivity contribution >= 4 is 20.8 Å². The lowest BCUT2D eigenvalue weighted by Gasteiger charge is -2.22. The van der Waals surface area contributed by atoms with Gasteiger partial charge in [0.1, 0.15) is 5.82 Å². The van der Waals surface area contributed by atoms with Gasteiger partial charge < -0.3 is 19.6 Å². The largest absolute Gasteiger partial charge is 0.345 e. The van der Waals surface area contributed by atoms with Crippen molar-refractivity contribution in [1.29, 1.82) is 0 Å². The summed E-state index contributed by atoms with van der Waals surface area (Å²) in [6, 6.07) is 2.91. The summed E-state index contributed by atoms with van der Waals surface area (Å²) in [5.74, 6) is -0.809. The van der Waals surface area contributed by atoms with Crippen molar-refractivity contribution in [2.45, 2.75) is 5.40 Å². The third-order valence-electron chi connectivity index (χ3n) is 2.25. The molecule has 6 nitrogen and oxygen atoms in total. The maximum absolute atomic E-state index is 12.9. The van der Waals surface area contributed by atoms with E-state index in [1.165, 1.54) is 0 Å². The van der Waals surface area contributed by atoms with E-state index in [-0.39, 0.29) is 0 Å². The van der Waals surface area contributed by atoms with Crippen LogP contribution in [0.3, 0.4) is 0 Å². The normalized spacial score (nSPS) is 12.6. The molecule has 0 amide bonds. The van der Waals surface area contributed by atoms with Gasteiger partial charge >= 0.3 is 15.2 Å². The average Bonchev–Trinajstić information content (AvgIpc) is 2.23. The van der Waals surface area contributed by atoms with E-state index in [1.807, 2.05) is 0 Å². The van der Waals surface area contributed by atoms with E-state index >= 15 is 0 Å². The molecule has 0 atom stereocenters.